The van der Waals surface area contributed by atoms with Crippen LogP contribution in [0, 0.1) is 6.92 Å². The van der Waals surface area contributed by atoms with Crippen LogP contribution in [-0.4, -0.2) is 22.4 Å². The van der Waals surface area contributed by atoms with Gasteiger partial charge in [-0.25, -0.2) is 9.97 Å². The van der Waals surface area contributed by atoms with Gasteiger partial charge in [-0.15, -0.1) is 0 Å². The lowest BCUT2D eigenvalue weighted by atomic mass is 10.0. The Bertz CT molecular complexity index is 988. The molecule has 0 saturated carbocycles. The molecule has 2 heterocycles. The first-order valence-corrected chi connectivity index (χ1v) is 9.20. The third kappa shape index (κ3) is 3.93. The molecule has 1 N–H and O–H groups in total. The summed E-state index contributed by atoms with van der Waals surface area (Å²) in [5.41, 5.74) is 4.43. The number of aryl methyl sites for hydroxylation is 1. The minimum absolute atomic E-state index is 0.263. The van der Waals surface area contributed by atoms with E-state index in [2.05, 4.69) is 38.4 Å². The van der Waals surface area contributed by atoms with Gasteiger partial charge in [-0.05, 0) is 54.8 Å². The highest BCUT2D eigenvalue weighted by molar-refractivity contribution is 6.30. The fourth-order valence-corrected chi connectivity index (χ4v) is 3.33. The molecule has 1 aromatic heterocycles. The van der Waals surface area contributed by atoms with Crippen LogP contribution < -0.4 is 10.2 Å². The Labute approximate surface area is 163 Å². The Morgan fingerprint density at radius 1 is 1.07 bits per heavy atom. The standard InChI is InChI=1S/C21H19ClN4O/c1-14-12-19(20(27)24-18-8-6-17(22)7-9-18)25-21(23-14)26-11-10-15-4-2-3-5-16(15)13-26/h2-9,12H,10-11,13H2,1H3,(H,24,27). The fourth-order valence-electron chi connectivity index (χ4n) is 3.21. The number of benzene rings is 2. The molecular weight excluding hydrogens is 360 g/mol. The molecule has 1 aliphatic rings. The predicted octanol–water partition coefficient (Wildman–Crippen LogP) is 4.25. The molecule has 0 unspecified atom stereocenters. The number of aromatic nitrogens is 2. The molecule has 6 heteroatoms. The number of halogens is 1. The van der Waals surface area contributed by atoms with Gasteiger partial charge in [-0.1, -0.05) is 35.9 Å². The maximum absolute atomic E-state index is 12.6. The number of fused-ring (bicyclic) bond motifs is 1. The van der Waals surface area contributed by atoms with Crippen molar-refractivity contribution in [3.05, 3.63) is 82.1 Å². The third-order valence-corrected chi connectivity index (χ3v) is 4.84. The number of nitrogens with one attached hydrogen (secondary N) is 1. The average molecular weight is 379 g/mol. The van der Waals surface area contributed by atoms with Gasteiger partial charge in [-0.2, -0.15) is 0 Å². The summed E-state index contributed by atoms with van der Waals surface area (Å²) in [5, 5.41) is 3.48. The number of rotatable bonds is 3. The highest BCUT2D eigenvalue weighted by atomic mass is 35.5. The van der Waals surface area contributed by atoms with E-state index in [0.717, 1.165) is 25.2 Å². The summed E-state index contributed by atoms with van der Waals surface area (Å²) in [6, 6.07) is 17.1. The molecule has 27 heavy (non-hydrogen) atoms. The summed E-state index contributed by atoms with van der Waals surface area (Å²) >= 11 is 5.89. The zero-order valence-corrected chi connectivity index (χ0v) is 15.7. The molecule has 0 aliphatic carbocycles. The normalized spacial score (nSPS) is 13.2. The Morgan fingerprint density at radius 3 is 2.59 bits per heavy atom. The van der Waals surface area contributed by atoms with Crippen LogP contribution in [0.3, 0.4) is 0 Å². The van der Waals surface area contributed by atoms with Crippen LogP contribution >= 0.6 is 11.6 Å². The smallest absolute Gasteiger partial charge is 0.274 e. The van der Waals surface area contributed by atoms with E-state index in [9.17, 15) is 4.79 Å². The van der Waals surface area contributed by atoms with Gasteiger partial charge in [0, 0.05) is 29.5 Å². The van der Waals surface area contributed by atoms with Gasteiger partial charge in [0.1, 0.15) is 5.69 Å². The lowest BCUT2D eigenvalue weighted by Crippen LogP contribution is -2.32. The van der Waals surface area contributed by atoms with Crippen molar-refractivity contribution in [1.82, 2.24) is 9.97 Å². The number of carbonyl (C=O) groups is 1. The maximum Gasteiger partial charge on any atom is 0.274 e. The van der Waals surface area contributed by atoms with E-state index in [1.807, 2.05) is 13.0 Å². The van der Waals surface area contributed by atoms with Gasteiger partial charge >= 0.3 is 0 Å². The minimum atomic E-state index is -0.263. The largest absolute Gasteiger partial charge is 0.336 e. The van der Waals surface area contributed by atoms with Crippen LogP contribution in [-0.2, 0) is 13.0 Å². The van der Waals surface area contributed by atoms with E-state index in [1.54, 1.807) is 30.3 Å². The first-order chi connectivity index (χ1) is 13.1. The third-order valence-electron chi connectivity index (χ3n) is 4.59. The van der Waals surface area contributed by atoms with E-state index in [4.69, 9.17) is 11.6 Å². The van der Waals surface area contributed by atoms with Crippen LogP contribution in [0.5, 0.6) is 0 Å². The van der Waals surface area contributed by atoms with Crippen molar-refractivity contribution < 1.29 is 4.79 Å². The van der Waals surface area contributed by atoms with Gasteiger partial charge in [0.15, 0.2) is 0 Å². The van der Waals surface area contributed by atoms with Crippen molar-refractivity contribution in [2.45, 2.75) is 19.9 Å². The number of hydrogen-bond acceptors (Lipinski definition) is 4. The second-order valence-electron chi connectivity index (χ2n) is 6.60. The van der Waals surface area contributed by atoms with E-state index >= 15 is 0 Å². The number of amides is 1. The quantitative estimate of drug-likeness (QED) is 0.740. The Balaban J connectivity index is 1.56. The highest BCUT2D eigenvalue weighted by Gasteiger charge is 2.20. The first-order valence-electron chi connectivity index (χ1n) is 8.83. The molecule has 0 spiro atoms. The van der Waals surface area contributed by atoms with E-state index in [0.29, 0.717) is 22.4 Å². The lowest BCUT2D eigenvalue weighted by Gasteiger charge is -2.29. The van der Waals surface area contributed by atoms with Crippen LogP contribution in [0.2, 0.25) is 5.02 Å². The van der Waals surface area contributed by atoms with Crippen LogP contribution in [0.25, 0.3) is 0 Å². The number of carbonyl (C=O) groups excluding carboxylic acids is 1. The predicted molar refractivity (Wildman–Crippen MR) is 107 cm³/mol. The Morgan fingerprint density at radius 2 is 1.81 bits per heavy atom. The van der Waals surface area contributed by atoms with Gasteiger partial charge < -0.3 is 10.2 Å². The van der Waals surface area contributed by atoms with Gasteiger partial charge in [0.25, 0.3) is 5.91 Å². The van der Waals surface area contributed by atoms with Crippen molar-refractivity contribution in [3.63, 3.8) is 0 Å². The SMILES string of the molecule is Cc1cc(C(=O)Nc2ccc(Cl)cc2)nc(N2CCc3ccccc3C2)n1. The van der Waals surface area contributed by atoms with Crippen molar-refractivity contribution in [2.75, 3.05) is 16.8 Å². The van der Waals surface area contributed by atoms with Crippen molar-refractivity contribution in [1.29, 1.82) is 0 Å². The van der Waals surface area contributed by atoms with Crippen LogP contribution in [0.15, 0.2) is 54.6 Å². The average Bonchev–Trinajstić information content (AvgIpc) is 2.69. The number of hydrogen-bond donors (Lipinski definition) is 1. The molecule has 2 aromatic carbocycles. The summed E-state index contributed by atoms with van der Waals surface area (Å²) in [6.45, 7) is 3.46. The van der Waals surface area contributed by atoms with E-state index in [-0.39, 0.29) is 5.91 Å². The van der Waals surface area contributed by atoms with E-state index < -0.39 is 0 Å². The first kappa shape index (κ1) is 17.5. The fraction of sp³-hybridized carbons (Fsp3) is 0.190. The van der Waals surface area contributed by atoms with Crippen LogP contribution in [0.4, 0.5) is 11.6 Å². The van der Waals surface area contributed by atoms with Crippen molar-refractivity contribution in [2.24, 2.45) is 0 Å². The van der Waals surface area contributed by atoms with Crippen molar-refractivity contribution in [3.8, 4) is 0 Å². The lowest BCUT2D eigenvalue weighted by molar-refractivity contribution is 0.102. The molecule has 0 fully saturated rings. The zero-order chi connectivity index (χ0) is 18.8. The maximum atomic E-state index is 12.6. The van der Waals surface area contributed by atoms with Crippen molar-refractivity contribution >= 4 is 29.1 Å². The molecular formula is C21H19ClN4O. The molecule has 0 radical (unpaired) electrons. The Kier molecular flexibility index (Phi) is 4.77. The summed E-state index contributed by atoms with van der Waals surface area (Å²) in [7, 11) is 0. The molecule has 4 rings (SSSR count). The number of anilines is 2. The molecule has 3 aromatic rings. The van der Waals surface area contributed by atoms with E-state index in [1.165, 1.54) is 11.1 Å². The summed E-state index contributed by atoms with van der Waals surface area (Å²) < 4.78 is 0. The molecule has 0 atom stereocenters. The van der Waals surface area contributed by atoms with Gasteiger partial charge in [0.05, 0.1) is 0 Å². The zero-order valence-electron chi connectivity index (χ0n) is 14.9. The van der Waals surface area contributed by atoms with Crippen LogP contribution in [0.1, 0.15) is 27.3 Å². The highest BCUT2D eigenvalue weighted by Crippen LogP contribution is 2.22. The van der Waals surface area contributed by atoms with Gasteiger partial charge in [-0.3, -0.25) is 4.79 Å². The monoisotopic (exact) mass is 378 g/mol. The molecule has 0 saturated heterocycles. The summed E-state index contributed by atoms with van der Waals surface area (Å²) in [6.07, 6.45) is 0.944. The molecule has 5 nitrogen and oxygen atoms in total. The minimum Gasteiger partial charge on any atom is -0.336 e. The second-order valence-corrected chi connectivity index (χ2v) is 7.03. The molecule has 136 valence electrons. The molecule has 0 bridgehead atoms. The molecule has 1 amide bonds. The Hall–Kier alpha value is -2.92. The molecule has 1 aliphatic heterocycles. The second kappa shape index (κ2) is 7.37. The van der Waals surface area contributed by atoms with Gasteiger partial charge in [0.2, 0.25) is 5.95 Å². The summed E-state index contributed by atoms with van der Waals surface area (Å²) in [5.74, 6) is 0.326. The number of nitrogens with zero attached hydrogens (tertiary/aromatic N) is 3. The topological polar surface area (TPSA) is 58.1 Å². The summed E-state index contributed by atoms with van der Waals surface area (Å²) in [4.78, 5) is 23.8.